The largest absolute Gasteiger partial charge is 0.329 e. The number of aromatic nitrogens is 3. The fraction of sp³-hybridized carbons (Fsp3) is 0.526. The van der Waals surface area contributed by atoms with Crippen LogP contribution < -0.4 is 10.6 Å². The van der Waals surface area contributed by atoms with Gasteiger partial charge in [0.1, 0.15) is 12.6 Å². The summed E-state index contributed by atoms with van der Waals surface area (Å²) in [5.41, 5.74) is 0.437. The molecule has 9 nitrogen and oxygen atoms in total. The Morgan fingerprint density at radius 3 is 2.76 bits per heavy atom. The van der Waals surface area contributed by atoms with E-state index in [0.29, 0.717) is 30.2 Å². The number of hydrogen-bond acceptors (Lipinski definition) is 6. The van der Waals surface area contributed by atoms with E-state index in [1.807, 2.05) is 20.8 Å². The van der Waals surface area contributed by atoms with Crippen LogP contribution in [0.15, 0.2) is 24.0 Å². The zero-order chi connectivity index (χ0) is 21.0. The van der Waals surface area contributed by atoms with Crippen LogP contribution in [0, 0.1) is 5.41 Å². The number of amides is 3. The number of nitrogens with zero attached hydrogens (tertiary/aromatic N) is 4. The molecule has 1 aliphatic heterocycles. The summed E-state index contributed by atoms with van der Waals surface area (Å²) in [5, 5.41) is 12.0. The Hall–Kier alpha value is -2.75. The summed E-state index contributed by atoms with van der Waals surface area (Å²) in [6, 6.07) is -0.507. The Bertz CT molecular complexity index is 871. The van der Waals surface area contributed by atoms with E-state index in [0.717, 1.165) is 6.42 Å². The minimum Gasteiger partial charge on any atom is -0.329 e. The number of likely N-dealkylation sites (tertiary alicyclic amines) is 1. The van der Waals surface area contributed by atoms with Crippen LogP contribution in [0.2, 0.25) is 0 Å². The van der Waals surface area contributed by atoms with Crippen LogP contribution in [0.3, 0.4) is 0 Å². The molecule has 0 aliphatic carbocycles. The molecule has 1 saturated heterocycles. The van der Waals surface area contributed by atoms with Gasteiger partial charge in [0.15, 0.2) is 5.13 Å². The number of rotatable bonds is 6. The second kappa shape index (κ2) is 8.73. The molecule has 0 unspecified atom stereocenters. The lowest BCUT2D eigenvalue weighted by Gasteiger charge is -2.23. The number of anilines is 2. The van der Waals surface area contributed by atoms with Gasteiger partial charge in [-0.15, -0.1) is 11.3 Å². The molecular formula is C19H26N6O3S. The summed E-state index contributed by atoms with van der Waals surface area (Å²) < 4.78 is 1.48. The van der Waals surface area contributed by atoms with Crippen molar-refractivity contribution >= 4 is 39.9 Å². The van der Waals surface area contributed by atoms with Crippen LogP contribution in [-0.4, -0.2) is 50.0 Å². The molecule has 0 bridgehead atoms. The first-order valence-corrected chi connectivity index (χ1v) is 10.4. The molecule has 2 N–H and O–H groups in total. The van der Waals surface area contributed by atoms with Gasteiger partial charge >= 0.3 is 0 Å². The van der Waals surface area contributed by atoms with Gasteiger partial charge in [-0.25, -0.2) is 4.98 Å². The van der Waals surface area contributed by atoms with Crippen molar-refractivity contribution in [1.82, 2.24) is 19.7 Å². The molecule has 1 fully saturated rings. The van der Waals surface area contributed by atoms with Crippen molar-refractivity contribution in [3.8, 4) is 0 Å². The first-order chi connectivity index (χ1) is 13.7. The number of hydrogen-bond donors (Lipinski definition) is 2. The molecule has 0 saturated carbocycles. The molecule has 1 aliphatic rings. The summed E-state index contributed by atoms with van der Waals surface area (Å²) in [5.74, 6) is -0.499. The van der Waals surface area contributed by atoms with Crippen LogP contribution in [-0.2, 0) is 20.9 Å². The number of thiazole rings is 1. The number of carbonyl (C=O) groups is 3. The van der Waals surface area contributed by atoms with Crippen molar-refractivity contribution in [3.05, 3.63) is 24.0 Å². The average Bonchev–Trinajstić information content (AvgIpc) is 3.34. The van der Waals surface area contributed by atoms with E-state index in [1.54, 1.807) is 22.7 Å². The lowest BCUT2D eigenvalue weighted by atomic mass is 9.92. The van der Waals surface area contributed by atoms with Gasteiger partial charge in [0, 0.05) is 30.7 Å². The summed E-state index contributed by atoms with van der Waals surface area (Å²) in [4.78, 5) is 42.9. The molecule has 0 aromatic carbocycles. The fourth-order valence-corrected chi connectivity index (χ4v) is 3.77. The Morgan fingerprint density at radius 1 is 1.28 bits per heavy atom. The van der Waals surface area contributed by atoms with E-state index in [9.17, 15) is 14.4 Å². The van der Waals surface area contributed by atoms with Gasteiger partial charge < -0.3 is 15.5 Å². The average molecular weight is 419 g/mol. The van der Waals surface area contributed by atoms with Gasteiger partial charge in [-0.2, -0.15) is 5.10 Å². The Labute approximate surface area is 173 Å². The fourth-order valence-electron chi connectivity index (χ4n) is 3.24. The lowest BCUT2D eigenvalue weighted by Crippen LogP contribution is -2.44. The predicted molar refractivity (Wildman–Crippen MR) is 110 cm³/mol. The zero-order valence-electron chi connectivity index (χ0n) is 16.8. The summed E-state index contributed by atoms with van der Waals surface area (Å²) in [6.45, 7) is 6.52. The van der Waals surface area contributed by atoms with Gasteiger partial charge in [0.2, 0.25) is 17.7 Å². The molecule has 10 heteroatoms. The standard InChI is InChI=1S/C19H26N6O3S/c1-19(2,3)9-15(26)22-13-10-21-24(11-13)12-16(27)25-7-4-5-14(25)17(28)23-18-20-6-8-29-18/h6,8,10-11,14H,4-5,7,9,12H2,1-3H3,(H,22,26)(H,20,23,28)/t14-/m1/s1. The Kier molecular flexibility index (Phi) is 6.31. The van der Waals surface area contributed by atoms with Crippen molar-refractivity contribution in [2.75, 3.05) is 17.2 Å². The first kappa shape index (κ1) is 21.0. The highest BCUT2D eigenvalue weighted by Crippen LogP contribution is 2.21. The smallest absolute Gasteiger partial charge is 0.248 e. The van der Waals surface area contributed by atoms with E-state index in [2.05, 4.69) is 20.7 Å². The minimum atomic E-state index is -0.507. The summed E-state index contributed by atoms with van der Waals surface area (Å²) in [7, 11) is 0. The monoisotopic (exact) mass is 418 g/mol. The molecule has 156 valence electrons. The van der Waals surface area contributed by atoms with Gasteiger partial charge in [-0.05, 0) is 18.3 Å². The van der Waals surface area contributed by atoms with Crippen LogP contribution in [0.4, 0.5) is 10.8 Å². The first-order valence-electron chi connectivity index (χ1n) is 9.53. The van der Waals surface area contributed by atoms with Gasteiger partial charge in [0.05, 0.1) is 11.9 Å². The highest BCUT2D eigenvalue weighted by molar-refractivity contribution is 7.13. The second-order valence-electron chi connectivity index (χ2n) is 8.28. The predicted octanol–water partition coefficient (Wildman–Crippen LogP) is 2.34. The quantitative estimate of drug-likeness (QED) is 0.748. The van der Waals surface area contributed by atoms with Crippen LogP contribution in [0.5, 0.6) is 0 Å². The van der Waals surface area contributed by atoms with Crippen molar-refractivity contribution < 1.29 is 14.4 Å². The molecule has 3 amide bonds. The highest BCUT2D eigenvalue weighted by Gasteiger charge is 2.34. The van der Waals surface area contributed by atoms with E-state index in [1.165, 1.54) is 22.2 Å². The zero-order valence-corrected chi connectivity index (χ0v) is 17.7. The van der Waals surface area contributed by atoms with Crippen molar-refractivity contribution in [3.63, 3.8) is 0 Å². The van der Waals surface area contributed by atoms with Gasteiger partial charge in [-0.3, -0.25) is 19.1 Å². The van der Waals surface area contributed by atoms with Gasteiger partial charge in [-0.1, -0.05) is 20.8 Å². The maximum absolute atomic E-state index is 12.7. The SMILES string of the molecule is CC(C)(C)CC(=O)Nc1cnn(CC(=O)N2CCC[C@@H]2C(=O)Nc2nccs2)c1. The molecule has 2 aromatic rings. The van der Waals surface area contributed by atoms with E-state index >= 15 is 0 Å². The second-order valence-corrected chi connectivity index (χ2v) is 9.18. The molecule has 3 heterocycles. The maximum atomic E-state index is 12.7. The molecule has 0 spiro atoms. The van der Waals surface area contributed by atoms with Gasteiger partial charge in [0.25, 0.3) is 0 Å². The van der Waals surface area contributed by atoms with Crippen LogP contribution in [0.1, 0.15) is 40.0 Å². The lowest BCUT2D eigenvalue weighted by molar-refractivity contribution is -0.137. The van der Waals surface area contributed by atoms with Crippen molar-refractivity contribution in [2.24, 2.45) is 5.41 Å². The molecule has 2 aromatic heterocycles. The molecule has 29 heavy (non-hydrogen) atoms. The van der Waals surface area contributed by atoms with Crippen LogP contribution >= 0.6 is 11.3 Å². The highest BCUT2D eigenvalue weighted by atomic mass is 32.1. The topological polar surface area (TPSA) is 109 Å². The molecule has 0 radical (unpaired) electrons. The molecular weight excluding hydrogens is 392 g/mol. The third-order valence-electron chi connectivity index (χ3n) is 4.44. The normalized spacial score (nSPS) is 16.7. The van der Waals surface area contributed by atoms with Crippen LogP contribution in [0.25, 0.3) is 0 Å². The van der Waals surface area contributed by atoms with E-state index in [-0.39, 0.29) is 29.7 Å². The number of carbonyl (C=O) groups excluding carboxylic acids is 3. The third-order valence-corrected chi connectivity index (χ3v) is 5.13. The molecule has 3 rings (SSSR count). The third kappa shape index (κ3) is 5.86. The minimum absolute atomic E-state index is 0.0101. The summed E-state index contributed by atoms with van der Waals surface area (Å²) in [6.07, 6.45) is 6.54. The summed E-state index contributed by atoms with van der Waals surface area (Å²) >= 11 is 1.34. The van der Waals surface area contributed by atoms with Crippen molar-refractivity contribution in [1.29, 1.82) is 0 Å². The van der Waals surface area contributed by atoms with Crippen molar-refractivity contribution in [2.45, 2.75) is 52.6 Å². The Morgan fingerprint density at radius 2 is 2.07 bits per heavy atom. The van der Waals surface area contributed by atoms with E-state index < -0.39 is 6.04 Å². The maximum Gasteiger partial charge on any atom is 0.248 e. The Balaban J connectivity index is 1.56. The number of nitrogens with one attached hydrogen (secondary N) is 2. The van der Waals surface area contributed by atoms with E-state index in [4.69, 9.17) is 0 Å². The molecule has 1 atom stereocenters.